The molecule has 4 aromatic carbocycles. The molecule has 2 aliphatic heterocycles. The lowest BCUT2D eigenvalue weighted by Gasteiger charge is -2.10. The van der Waals surface area contributed by atoms with Gasteiger partial charge in [-0.1, -0.05) is 48.5 Å². The standard InChI is InChI=1S/C40H28N6O2/c1-3-7-35-29(5-1)31-21-25(9-15-37(31)45(35)27-11-13-33(43-23-27)39-41-17-19-47-39)26-10-16-38-32(22-26)30-6-2-4-8-36(30)46(38)28-12-14-34(44-24-28)40-42-18-20-48-40/h1-16,21-24H,17-20H2. The Morgan fingerprint density at radius 2 is 0.917 bits per heavy atom. The third-order valence-electron chi connectivity index (χ3n) is 9.30. The zero-order valence-corrected chi connectivity index (χ0v) is 25.9. The van der Waals surface area contributed by atoms with Crippen molar-refractivity contribution in [1.29, 1.82) is 0 Å². The largest absolute Gasteiger partial charge is 0.474 e. The van der Waals surface area contributed by atoms with Gasteiger partial charge in [-0.05, 0) is 71.8 Å². The number of hydrogen-bond acceptors (Lipinski definition) is 6. The second kappa shape index (κ2) is 10.6. The van der Waals surface area contributed by atoms with Crippen molar-refractivity contribution in [2.45, 2.75) is 0 Å². The van der Waals surface area contributed by atoms with E-state index >= 15 is 0 Å². The molecule has 0 spiro atoms. The van der Waals surface area contributed by atoms with Crippen LogP contribution in [0.2, 0.25) is 0 Å². The number of fused-ring (bicyclic) bond motifs is 6. The van der Waals surface area contributed by atoms with Crippen LogP contribution in [-0.2, 0) is 9.47 Å². The fourth-order valence-electron chi connectivity index (χ4n) is 7.13. The number of nitrogens with zero attached hydrogens (tertiary/aromatic N) is 6. The molecular weight excluding hydrogens is 596 g/mol. The lowest BCUT2D eigenvalue weighted by Crippen LogP contribution is -2.04. The monoisotopic (exact) mass is 624 g/mol. The van der Waals surface area contributed by atoms with E-state index < -0.39 is 0 Å². The van der Waals surface area contributed by atoms with Crippen LogP contribution < -0.4 is 0 Å². The van der Waals surface area contributed by atoms with Crippen LogP contribution in [0.15, 0.2) is 132 Å². The average molecular weight is 625 g/mol. The molecule has 6 heterocycles. The number of ether oxygens (including phenoxy) is 2. The van der Waals surface area contributed by atoms with E-state index in [2.05, 4.69) is 116 Å². The van der Waals surface area contributed by atoms with Crippen LogP contribution in [0.5, 0.6) is 0 Å². The number of aliphatic imine (C=N–C) groups is 2. The Hall–Kier alpha value is -6.28. The Balaban J connectivity index is 1.09. The molecule has 0 fully saturated rings. The van der Waals surface area contributed by atoms with Crippen molar-refractivity contribution in [3.05, 3.63) is 133 Å². The van der Waals surface area contributed by atoms with E-state index in [0.717, 1.165) is 56.0 Å². The zero-order chi connectivity index (χ0) is 31.6. The van der Waals surface area contributed by atoms with Gasteiger partial charge in [-0.3, -0.25) is 0 Å². The van der Waals surface area contributed by atoms with E-state index in [1.165, 1.54) is 21.5 Å². The molecule has 0 unspecified atom stereocenters. The number of pyridine rings is 2. The Labute approximate surface area is 275 Å². The predicted octanol–water partition coefficient (Wildman–Crippen LogP) is 7.89. The van der Waals surface area contributed by atoms with E-state index in [1.807, 2.05) is 24.5 Å². The Kier molecular flexibility index (Phi) is 5.96. The molecule has 0 atom stereocenters. The maximum absolute atomic E-state index is 5.63. The molecule has 2 aliphatic rings. The molecular formula is C40H28N6O2. The summed E-state index contributed by atoms with van der Waals surface area (Å²) in [5.74, 6) is 1.24. The van der Waals surface area contributed by atoms with Crippen LogP contribution in [-0.4, -0.2) is 57.2 Å². The van der Waals surface area contributed by atoms with Crippen molar-refractivity contribution in [1.82, 2.24) is 19.1 Å². The van der Waals surface area contributed by atoms with E-state index in [4.69, 9.17) is 19.4 Å². The molecule has 8 heteroatoms. The summed E-state index contributed by atoms with van der Waals surface area (Å²) in [6.45, 7) is 2.59. The topological polar surface area (TPSA) is 78.8 Å². The average Bonchev–Trinajstić information content (AvgIpc) is 3.97. The van der Waals surface area contributed by atoms with Crippen molar-refractivity contribution >= 4 is 55.4 Å². The molecule has 8 nitrogen and oxygen atoms in total. The highest BCUT2D eigenvalue weighted by molar-refractivity contribution is 6.12. The van der Waals surface area contributed by atoms with Crippen LogP contribution >= 0.6 is 0 Å². The zero-order valence-electron chi connectivity index (χ0n) is 25.9. The first kappa shape index (κ1) is 26.9. The van der Waals surface area contributed by atoms with Crippen LogP contribution in [0.25, 0.3) is 66.1 Å². The summed E-state index contributed by atoms with van der Waals surface area (Å²) in [7, 11) is 0. The second-order valence-corrected chi connectivity index (χ2v) is 12.0. The van der Waals surface area contributed by atoms with Gasteiger partial charge in [0, 0.05) is 21.5 Å². The Morgan fingerprint density at radius 1 is 0.458 bits per heavy atom. The Morgan fingerprint density at radius 3 is 1.33 bits per heavy atom. The minimum Gasteiger partial charge on any atom is -0.474 e. The third kappa shape index (κ3) is 4.15. The van der Waals surface area contributed by atoms with E-state index in [0.29, 0.717) is 38.1 Å². The van der Waals surface area contributed by atoms with Gasteiger partial charge in [0.25, 0.3) is 0 Å². The smallest absolute Gasteiger partial charge is 0.235 e. The molecule has 0 N–H and O–H groups in total. The molecule has 0 saturated carbocycles. The molecule has 0 aliphatic carbocycles. The number of rotatable bonds is 5. The van der Waals surface area contributed by atoms with Gasteiger partial charge in [0.15, 0.2) is 0 Å². The van der Waals surface area contributed by atoms with Gasteiger partial charge in [-0.25, -0.2) is 20.0 Å². The fraction of sp³-hybridized carbons (Fsp3) is 0.100. The maximum atomic E-state index is 5.63. The molecule has 0 amide bonds. The van der Waals surface area contributed by atoms with Crippen molar-refractivity contribution in [3.63, 3.8) is 0 Å². The van der Waals surface area contributed by atoms with Crippen LogP contribution in [0.4, 0.5) is 0 Å². The van der Waals surface area contributed by atoms with E-state index in [-0.39, 0.29) is 0 Å². The molecule has 4 aromatic heterocycles. The highest BCUT2D eigenvalue weighted by Crippen LogP contribution is 2.38. The Bertz CT molecular complexity index is 2430. The summed E-state index contributed by atoms with van der Waals surface area (Å²) < 4.78 is 15.8. The summed E-state index contributed by atoms with van der Waals surface area (Å²) in [5.41, 5.74) is 10.4. The summed E-state index contributed by atoms with van der Waals surface area (Å²) in [5, 5.41) is 4.79. The highest BCUT2D eigenvalue weighted by atomic mass is 16.5. The van der Waals surface area contributed by atoms with Crippen molar-refractivity contribution < 1.29 is 9.47 Å². The third-order valence-corrected chi connectivity index (χ3v) is 9.30. The predicted molar refractivity (Wildman–Crippen MR) is 191 cm³/mol. The summed E-state index contributed by atoms with van der Waals surface area (Å²) >= 11 is 0. The normalized spacial score (nSPS) is 14.5. The van der Waals surface area contributed by atoms with Crippen LogP contribution in [0.1, 0.15) is 11.4 Å². The minimum absolute atomic E-state index is 0.612. The summed E-state index contributed by atoms with van der Waals surface area (Å²) in [4.78, 5) is 18.2. The first-order valence-electron chi connectivity index (χ1n) is 16.2. The number of para-hydroxylation sites is 2. The lowest BCUT2D eigenvalue weighted by molar-refractivity contribution is 0.347. The van der Waals surface area contributed by atoms with Gasteiger partial charge in [-0.2, -0.15) is 0 Å². The SMILES string of the molecule is c1ccc2c(c1)c1cc(-c3ccc4c(c3)c3ccccc3n4-c3ccc(C4=NCCO4)nc3)ccc1n2-c1ccc(C2=NCCO2)nc1. The molecule has 48 heavy (non-hydrogen) atoms. The number of aromatic nitrogens is 4. The van der Waals surface area contributed by atoms with Gasteiger partial charge < -0.3 is 18.6 Å². The minimum atomic E-state index is 0.612. The second-order valence-electron chi connectivity index (χ2n) is 12.0. The molecule has 0 radical (unpaired) electrons. The quantitative estimate of drug-likeness (QED) is 0.195. The van der Waals surface area contributed by atoms with Crippen molar-refractivity contribution in [2.24, 2.45) is 9.98 Å². The fourth-order valence-corrected chi connectivity index (χ4v) is 7.13. The summed E-state index contributed by atoms with van der Waals surface area (Å²) in [6, 6.07) is 38.8. The molecule has 230 valence electrons. The number of benzene rings is 4. The molecule has 0 bridgehead atoms. The van der Waals surface area contributed by atoms with E-state index in [9.17, 15) is 0 Å². The van der Waals surface area contributed by atoms with Gasteiger partial charge in [-0.15, -0.1) is 0 Å². The lowest BCUT2D eigenvalue weighted by atomic mass is 10.0. The van der Waals surface area contributed by atoms with Crippen LogP contribution in [0.3, 0.4) is 0 Å². The molecule has 0 saturated heterocycles. The first-order valence-corrected chi connectivity index (χ1v) is 16.2. The summed E-state index contributed by atoms with van der Waals surface area (Å²) in [6.07, 6.45) is 3.81. The maximum Gasteiger partial charge on any atom is 0.235 e. The van der Waals surface area contributed by atoms with Crippen molar-refractivity contribution in [3.8, 4) is 22.5 Å². The number of hydrogen-bond donors (Lipinski definition) is 0. The van der Waals surface area contributed by atoms with Gasteiger partial charge in [0.1, 0.15) is 24.6 Å². The van der Waals surface area contributed by atoms with Crippen molar-refractivity contribution in [2.75, 3.05) is 26.3 Å². The van der Waals surface area contributed by atoms with E-state index in [1.54, 1.807) is 0 Å². The van der Waals surface area contributed by atoms with Gasteiger partial charge in [0.05, 0.1) is 58.9 Å². The first-order chi connectivity index (χ1) is 23.8. The molecule has 8 aromatic rings. The van der Waals surface area contributed by atoms with Gasteiger partial charge in [0.2, 0.25) is 11.8 Å². The van der Waals surface area contributed by atoms with Gasteiger partial charge >= 0.3 is 0 Å². The highest BCUT2D eigenvalue weighted by Gasteiger charge is 2.18. The molecule has 10 rings (SSSR count). The van der Waals surface area contributed by atoms with Crippen LogP contribution in [0, 0.1) is 0 Å².